The van der Waals surface area contributed by atoms with Gasteiger partial charge in [0.2, 0.25) is 0 Å². The van der Waals surface area contributed by atoms with Crippen LogP contribution in [0.1, 0.15) is 0 Å². The summed E-state index contributed by atoms with van der Waals surface area (Å²) in [6, 6.07) is 0. The van der Waals surface area contributed by atoms with E-state index < -0.39 is 0 Å². The first-order chi connectivity index (χ1) is 11.5. The summed E-state index contributed by atoms with van der Waals surface area (Å²) in [6.07, 6.45) is 0. The van der Waals surface area contributed by atoms with Crippen molar-refractivity contribution < 1.29 is 72.2 Å². The normalized spacial score (nSPS) is 6.67. The van der Waals surface area contributed by atoms with Crippen molar-refractivity contribution in [3.63, 3.8) is 0 Å². The van der Waals surface area contributed by atoms with Gasteiger partial charge in [0.05, 0.1) is 39.6 Å². The van der Waals surface area contributed by atoms with E-state index >= 15 is 0 Å². The summed E-state index contributed by atoms with van der Waals surface area (Å²) >= 11 is 0. The molecule has 12 nitrogen and oxygen atoms in total. The maximum Gasteiger partial charge on any atom is 2.00 e. The Balaban J connectivity index is -0.0000000201. The van der Waals surface area contributed by atoms with Crippen LogP contribution in [0.4, 0.5) is 0 Å². The maximum atomic E-state index is 7.75. The van der Waals surface area contributed by atoms with E-state index in [1.165, 1.54) is 0 Å². The molecule has 0 aromatic rings. The van der Waals surface area contributed by atoms with Crippen molar-refractivity contribution in [3.05, 3.63) is 0 Å². The van der Waals surface area contributed by atoms with E-state index in [1.54, 1.807) is 0 Å². The molecule has 0 saturated heterocycles. The van der Waals surface area contributed by atoms with Gasteiger partial charge in [-0.15, -0.1) is 0 Å². The third-order valence-corrected chi connectivity index (χ3v) is 0.775. The van der Waals surface area contributed by atoms with E-state index in [-0.39, 0.29) is 81.2 Å². The Morgan fingerprint density at radius 2 is 0.370 bits per heavy atom. The molecular weight excluding hydrogens is 454 g/mol. The molecule has 179 valence electrons. The van der Waals surface area contributed by atoms with Gasteiger partial charge in [0.15, 0.2) is 0 Å². The van der Waals surface area contributed by atoms with Crippen LogP contribution < -0.4 is 59.2 Å². The van der Waals surface area contributed by atoms with Gasteiger partial charge in [0, 0.05) is 39.3 Å². The molecule has 0 fully saturated rings. The largest absolute Gasteiger partial charge is 2.00 e. The van der Waals surface area contributed by atoms with Gasteiger partial charge in [-0.3, -0.25) is 0 Å². The summed E-state index contributed by atoms with van der Waals surface area (Å²) in [7, 11) is 0. The van der Waals surface area contributed by atoms with Gasteiger partial charge in [-0.05, 0) is 0 Å². The molecular formula is C12H42Cl2CoN6O6. The molecule has 0 aliphatic rings. The minimum absolute atomic E-state index is 0. The van der Waals surface area contributed by atoms with Gasteiger partial charge in [0.25, 0.3) is 0 Å². The zero-order valence-electron chi connectivity index (χ0n) is 15.7. The minimum Gasteiger partial charge on any atom is -1.00 e. The van der Waals surface area contributed by atoms with Crippen LogP contribution in [0.5, 0.6) is 0 Å². The Labute approximate surface area is 185 Å². The van der Waals surface area contributed by atoms with E-state index in [2.05, 4.69) is 0 Å². The molecule has 15 heteroatoms. The second-order valence-corrected chi connectivity index (χ2v) is 3.07. The summed E-state index contributed by atoms with van der Waals surface area (Å²) in [4.78, 5) is 0. The number of aliphatic hydroxyl groups excluding tert-OH is 6. The fourth-order valence-electron chi connectivity index (χ4n) is 0. The van der Waals surface area contributed by atoms with Crippen molar-refractivity contribution in [2.45, 2.75) is 0 Å². The smallest absolute Gasteiger partial charge is 1.00 e. The zero-order chi connectivity index (χ0) is 20.5. The fraction of sp³-hybridized carbons (Fsp3) is 1.00. The summed E-state index contributed by atoms with van der Waals surface area (Å²) in [6.45, 7) is 2.83. The molecule has 0 aliphatic heterocycles. The van der Waals surface area contributed by atoms with E-state index in [0.29, 0.717) is 39.3 Å². The van der Waals surface area contributed by atoms with Gasteiger partial charge < -0.3 is 89.9 Å². The minimum atomic E-state index is 0. The van der Waals surface area contributed by atoms with Crippen LogP contribution in [0.25, 0.3) is 0 Å². The van der Waals surface area contributed by atoms with Gasteiger partial charge in [-0.25, -0.2) is 0 Å². The first-order valence-electron chi connectivity index (χ1n) is 7.35. The first kappa shape index (κ1) is 56.4. The van der Waals surface area contributed by atoms with Crippen LogP contribution in [-0.4, -0.2) is 110 Å². The van der Waals surface area contributed by atoms with Crippen molar-refractivity contribution >= 4 is 0 Å². The van der Waals surface area contributed by atoms with Crippen molar-refractivity contribution in [3.8, 4) is 0 Å². The van der Waals surface area contributed by atoms with E-state index in [0.717, 1.165) is 0 Å². The summed E-state index contributed by atoms with van der Waals surface area (Å²) in [5.41, 5.74) is 28.7. The molecule has 18 N–H and O–H groups in total. The number of halogens is 2. The number of nitrogens with two attached hydrogens (primary N) is 6. The van der Waals surface area contributed by atoms with Gasteiger partial charge in [0.1, 0.15) is 0 Å². The standard InChI is InChI=1S/6C2H7NO.2ClH.Co/c6*3-1-2-4;;;/h6*4H,1-3H2;2*1H;/q;;;;;;;;+2/p-2. The van der Waals surface area contributed by atoms with Gasteiger partial charge in [-0.1, -0.05) is 0 Å². The third-order valence-electron chi connectivity index (χ3n) is 0.775. The second-order valence-electron chi connectivity index (χ2n) is 3.07. The second kappa shape index (κ2) is 110. The monoisotopic (exact) mass is 495 g/mol. The Kier molecular flexibility index (Phi) is 230. The predicted molar refractivity (Wildman–Crippen MR) is 96.8 cm³/mol. The van der Waals surface area contributed by atoms with Crippen molar-refractivity contribution in [2.75, 3.05) is 78.9 Å². The topological polar surface area (TPSA) is 278 Å². The maximum absolute atomic E-state index is 7.75. The van der Waals surface area contributed by atoms with Crippen molar-refractivity contribution in [1.29, 1.82) is 0 Å². The van der Waals surface area contributed by atoms with Gasteiger partial charge >= 0.3 is 16.8 Å². The fourth-order valence-corrected chi connectivity index (χ4v) is 0. The quantitative estimate of drug-likeness (QED) is 0.163. The Morgan fingerprint density at radius 3 is 0.370 bits per heavy atom. The average molecular weight is 496 g/mol. The Morgan fingerprint density at radius 1 is 0.333 bits per heavy atom. The molecule has 0 atom stereocenters. The molecule has 0 saturated carbocycles. The Bertz CT molecular complexity index is 95.4. The first-order valence-corrected chi connectivity index (χ1v) is 7.35. The number of aliphatic hydroxyl groups is 6. The molecule has 0 aromatic heterocycles. The molecule has 0 aromatic carbocycles. The molecule has 1 radical (unpaired) electrons. The molecule has 0 heterocycles. The summed E-state index contributed by atoms with van der Waals surface area (Å²) in [5, 5.41) is 46.5. The molecule has 0 spiro atoms. The van der Waals surface area contributed by atoms with Crippen LogP contribution in [-0.2, 0) is 16.8 Å². The van der Waals surface area contributed by atoms with Crippen LogP contribution in [0.15, 0.2) is 0 Å². The zero-order valence-corrected chi connectivity index (χ0v) is 18.3. The van der Waals surface area contributed by atoms with Crippen molar-refractivity contribution in [2.24, 2.45) is 34.4 Å². The number of hydrogen-bond donors (Lipinski definition) is 12. The average Bonchev–Trinajstić information content (AvgIpc) is 2.68. The van der Waals surface area contributed by atoms with Crippen LogP contribution >= 0.6 is 0 Å². The van der Waals surface area contributed by atoms with E-state index in [1.807, 2.05) is 0 Å². The molecule has 27 heavy (non-hydrogen) atoms. The molecule has 0 amide bonds. The predicted octanol–water partition coefficient (Wildman–Crippen LogP) is -12.4. The van der Waals surface area contributed by atoms with Gasteiger partial charge in [-0.2, -0.15) is 0 Å². The van der Waals surface area contributed by atoms with E-state index in [4.69, 9.17) is 65.0 Å². The third kappa shape index (κ3) is 369. The molecule has 0 unspecified atom stereocenters. The van der Waals surface area contributed by atoms with Crippen molar-refractivity contribution in [1.82, 2.24) is 0 Å². The number of rotatable bonds is 6. The van der Waals surface area contributed by atoms with Crippen LogP contribution in [0, 0.1) is 0 Å². The van der Waals surface area contributed by atoms with E-state index in [9.17, 15) is 0 Å². The summed E-state index contributed by atoms with van der Waals surface area (Å²) < 4.78 is 0. The van der Waals surface area contributed by atoms with Crippen LogP contribution in [0.3, 0.4) is 0 Å². The number of hydrogen-bond acceptors (Lipinski definition) is 12. The summed E-state index contributed by atoms with van der Waals surface area (Å²) in [5.74, 6) is 0. The molecule has 0 bridgehead atoms. The van der Waals surface area contributed by atoms with Crippen LogP contribution in [0.2, 0.25) is 0 Å². The molecule has 0 aliphatic carbocycles. The SMILES string of the molecule is NCCO.NCCO.NCCO.NCCO.NCCO.NCCO.[Cl-].[Cl-].[Co+2]. The Hall–Kier alpha value is 0.606. The molecule has 0 rings (SSSR count).